The van der Waals surface area contributed by atoms with Crippen molar-refractivity contribution in [3.8, 4) is 5.75 Å². The zero-order valence-electron chi connectivity index (χ0n) is 15.3. The van der Waals surface area contributed by atoms with E-state index in [2.05, 4.69) is 28.9 Å². The van der Waals surface area contributed by atoms with Gasteiger partial charge in [0.2, 0.25) is 5.91 Å². The summed E-state index contributed by atoms with van der Waals surface area (Å²) in [6.07, 6.45) is 4.70. The largest absolute Gasteiger partial charge is 0.494 e. The Morgan fingerprint density at radius 3 is 3.08 bits per heavy atom. The van der Waals surface area contributed by atoms with Crippen molar-refractivity contribution in [2.75, 3.05) is 32.8 Å². The molecule has 0 aromatic heterocycles. The second kappa shape index (κ2) is 10.2. The fourth-order valence-electron chi connectivity index (χ4n) is 3.31. The van der Waals surface area contributed by atoms with Crippen LogP contribution in [-0.4, -0.2) is 43.6 Å². The molecule has 1 aliphatic heterocycles. The summed E-state index contributed by atoms with van der Waals surface area (Å²) in [5.41, 5.74) is 7.86. The Bertz CT molecular complexity index is 574. The second-order valence-electron chi connectivity index (χ2n) is 6.59. The smallest absolute Gasteiger partial charge is 0.221 e. The van der Waals surface area contributed by atoms with Crippen molar-refractivity contribution in [3.63, 3.8) is 0 Å². The Morgan fingerprint density at radius 2 is 2.36 bits per heavy atom. The van der Waals surface area contributed by atoms with E-state index in [1.165, 1.54) is 11.1 Å². The minimum atomic E-state index is -0.165. The number of hydrogen-bond acceptors (Lipinski definition) is 4. The zero-order valence-corrected chi connectivity index (χ0v) is 15.3. The molecule has 138 valence electrons. The molecule has 0 aliphatic carbocycles. The molecule has 1 aromatic rings. The topological polar surface area (TPSA) is 67.6 Å². The maximum atomic E-state index is 11.3. The molecule has 1 amide bonds. The van der Waals surface area contributed by atoms with Crippen LogP contribution >= 0.6 is 0 Å². The number of nitrogens with zero attached hydrogens (tertiary/aromatic N) is 1. The van der Waals surface area contributed by atoms with Crippen molar-refractivity contribution in [2.24, 2.45) is 11.7 Å². The first-order valence-corrected chi connectivity index (χ1v) is 9.22. The van der Waals surface area contributed by atoms with Crippen LogP contribution in [0.2, 0.25) is 0 Å². The predicted molar refractivity (Wildman–Crippen MR) is 102 cm³/mol. The van der Waals surface area contributed by atoms with Crippen LogP contribution in [0.25, 0.3) is 0 Å². The second-order valence-corrected chi connectivity index (χ2v) is 6.59. The maximum Gasteiger partial charge on any atom is 0.221 e. The number of hydrogen-bond donors (Lipinski definition) is 2. The first-order chi connectivity index (χ1) is 12.1. The van der Waals surface area contributed by atoms with Crippen LogP contribution in [0.1, 0.15) is 30.9 Å². The minimum absolute atomic E-state index is 0.0151. The van der Waals surface area contributed by atoms with Crippen LogP contribution in [0.4, 0.5) is 0 Å². The molecule has 1 aliphatic rings. The number of rotatable bonds is 10. The van der Waals surface area contributed by atoms with Gasteiger partial charge in [-0.2, -0.15) is 0 Å². The molecule has 25 heavy (non-hydrogen) atoms. The van der Waals surface area contributed by atoms with Crippen molar-refractivity contribution in [2.45, 2.75) is 32.7 Å². The van der Waals surface area contributed by atoms with Gasteiger partial charge in [0.05, 0.1) is 12.5 Å². The Labute approximate surface area is 151 Å². The Kier molecular flexibility index (Phi) is 7.95. The molecule has 3 N–H and O–H groups in total. The first-order valence-electron chi connectivity index (χ1n) is 9.22. The van der Waals surface area contributed by atoms with Crippen LogP contribution in [0.5, 0.6) is 5.75 Å². The lowest BCUT2D eigenvalue weighted by Crippen LogP contribution is -2.43. The number of primary amides is 1. The molecule has 0 saturated carbocycles. The number of likely N-dealkylation sites (tertiary alicyclic amines) is 1. The minimum Gasteiger partial charge on any atom is -0.494 e. The highest BCUT2D eigenvalue weighted by molar-refractivity contribution is 5.76. The summed E-state index contributed by atoms with van der Waals surface area (Å²) < 4.78 is 5.67. The Hall–Kier alpha value is -1.85. The lowest BCUT2D eigenvalue weighted by atomic mass is 9.97. The quantitative estimate of drug-likeness (QED) is 0.503. The van der Waals surface area contributed by atoms with E-state index in [9.17, 15) is 4.79 Å². The fraction of sp³-hybridized carbons (Fsp3) is 0.550. The van der Waals surface area contributed by atoms with Gasteiger partial charge < -0.3 is 20.7 Å². The van der Waals surface area contributed by atoms with Crippen molar-refractivity contribution in [1.29, 1.82) is 0 Å². The van der Waals surface area contributed by atoms with Gasteiger partial charge in [0.1, 0.15) is 5.75 Å². The summed E-state index contributed by atoms with van der Waals surface area (Å²) in [5, 5.41) is 3.49. The third-order valence-corrected chi connectivity index (χ3v) is 4.63. The number of benzene rings is 1. The van der Waals surface area contributed by atoms with Gasteiger partial charge >= 0.3 is 0 Å². The van der Waals surface area contributed by atoms with Crippen molar-refractivity contribution in [1.82, 2.24) is 10.2 Å². The van der Waals surface area contributed by atoms with E-state index in [4.69, 9.17) is 10.5 Å². The molecule has 1 heterocycles. The van der Waals surface area contributed by atoms with Gasteiger partial charge in [-0.15, -0.1) is 6.58 Å². The third kappa shape index (κ3) is 6.18. The van der Waals surface area contributed by atoms with Crippen LogP contribution < -0.4 is 15.8 Å². The van der Waals surface area contributed by atoms with Crippen molar-refractivity contribution < 1.29 is 9.53 Å². The van der Waals surface area contributed by atoms with Gasteiger partial charge in [-0.1, -0.05) is 18.2 Å². The van der Waals surface area contributed by atoms with E-state index in [0.29, 0.717) is 6.61 Å². The van der Waals surface area contributed by atoms with E-state index < -0.39 is 0 Å². The number of piperidine rings is 1. The average Bonchev–Trinajstić information content (AvgIpc) is 2.61. The molecule has 5 nitrogen and oxygen atoms in total. The summed E-state index contributed by atoms with van der Waals surface area (Å²) >= 11 is 0. The first kappa shape index (κ1) is 19.5. The lowest BCUT2D eigenvalue weighted by molar-refractivity contribution is -0.123. The van der Waals surface area contributed by atoms with E-state index in [1.54, 1.807) is 0 Å². The monoisotopic (exact) mass is 345 g/mol. The Balaban J connectivity index is 1.78. The highest BCUT2D eigenvalue weighted by Crippen LogP contribution is 2.21. The van der Waals surface area contributed by atoms with Gasteiger partial charge in [0, 0.05) is 26.2 Å². The fourth-order valence-corrected chi connectivity index (χ4v) is 3.31. The van der Waals surface area contributed by atoms with Crippen molar-refractivity contribution in [3.05, 3.63) is 42.0 Å². The molecule has 1 aromatic carbocycles. The summed E-state index contributed by atoms with van der Waals surface area (Å²) in [6.45, 7) is 11.0. The molecular formula is C20H31N3O2. The van der Waals surface area contributed by atoms with E-state index in [0.717, 1.165) is 57.7 Å². The van der Waals surface area contributed by atoms with Gasteiger partial charge in [-0.25, -0.2) is 0 Å². The average molecular weight is 345 g/mol. The van der Waals surface area contributed by atoms with Gasteiger partial charge in [-0.05, 0) is 49.9 Å². The highest BCUT2D eigenvalue weighted by Gasteiger charge is 2.23. The van der Waals surface area contributed by atoms with E-state index in [1.807, 2.05) is 19.1 Å². The maximum absolute atomic E-state index is 11.3. The number of allylic oxidation sites excluding steroid dienone is 1. The number of carbonyl (C=O) groups is 1. The zero-order chi connectivity index (χ0) is 18.1. The summed E-state index contributed by atoms with van der Waals surface area (Å²) in [4.78, 5) is 13.7. The predicted octanol–water partition coefficient (Wildman–Crippen LogP) is 2.10. The molecule has 0 unspecified atom stereocenters. The number of ether oxygens (including phenoxy) is 1. The molecule has 5 heteroatoms. The van der Waals surface area contributed by atoms with Crippen LogP contribution in [-0.2, 0) is 17.8 Å². The lowest BCUT2D eigenvalue weighted by Gasteiger charge is -2.31. The van der Waals surface area contributed by atoms with E-state index in [-0.39, 0.29) is 11.8 Å². The molecule has 1 atom stereocenters. The third-order valence-electron chi connectivity index (χ3n) is 4.63. The van der Waals surface area contributed by atoms with Gasteiger partial charge in [-0.3, -0.25) is 4.79 Å². The molecule has 2 rings (SSSR count). The molecule has 0 bridgehead atoms. The van der Waals surface area contributed by atoms with E-state index >= 15 is 0 Å². The van der Waals surface area contributed by atoms with Crippen molar-refractivity contribution >= 4 is 5.91 Å². The van der Waals surface area contributed by atoms with Crippen LogP contribution in [0.15, 0.2) is 30.9 Å². The Morgan fingerprint density at radius 1 is 1.52 bits per heavy atom. The van der Waals surface area contributed by atoms with Crippen LogP contribution in [0, 0.1) is 5.92 Å². The molecular weight excluding hydrogens is 314 g/mol. The molecule has 0 spiro atoms. The van der Waals surface area contributed by atoms with Gasteiger partial charge in [0.25, 0.3) is 0 Å². The number of carbonyl (C=O) groups excluding carboxylic acids is 1. The molecule has 1 fully saturated rings. The number of nitrogens with one attached hydrogen (secondary N) is 1. The summed E-state index contributed by atoms with van der Waals surface area (Å²) in [7, 11) is 0. The standard InChI is InChI=1S/C20H31N3O2/c1-3-6-17-13-16(8-9-19(17)25-4-2)14-22-10-12-23-11-5-7-18(15-23)20(21)24/h3,8-9,13,18,22H,1,4-7,10-12,14-15H2,2H3,(H2,21,24)/t18-/m1/s1. The summed E-state index contributed by atoms with van der Waals surface area (Å²) in [5.74, 6) is 0.792. The number of amides is 1. The highest BCUT2D eigenvalue weighted by atomic mass is 16.5. The van der Waals surface area contributed by atoms with Gasteiger partial charge in [0.15, 0.2) is 0 Å². The normalized spacial score (nSPS) is 18.0. The SMILES string of the molecule is C=CCc1cc(CNCCN2CCC[C@@H](C(N)=O)C2)ccc1OCC. The summed E-state index contributed by atoms with van der Waals surface area (Å²) in [6, 6.07) is 6.33. The van der Waals surface area contributed by atoms with Crippen LogP contribution in [0.3, 0.4) is 0 Å². The molecule has 0 radical (unpaired) electrons. The molecule has 1 saturated heterocycles. The number of nitrogens with two attached hydrogens (primary N) is 1.